The number of hydrogen-bond donors (Lipinski definition) is 2. The fourth-order valence-electron chi connectivity index (χ4n) is 1.30. The smallest absolute Gasteiger partial charge is 0.0627 e. The van der Waals surface area contributed by atoms with Crippen LogP contribution in [0.3, 0.4) is 0 Å². The molecule has 16 heavy (non-hydrogen) atoms. The Morgan fingerprint density at radius 3 is 1.50 bits per heavy atom. The van der Waals surface area contributed by atoms with Gasteiger partial charge in [0, 0.05) is 0 Å². The molecule has 1 rings (SSSR count). The van der Waals surface area contributed by atoms with Gasteiger partial charge in [0.2, 0.25) is 0 Å². The molecule has 0 aliphatic carbocycles. The molecule has 2 nitrogen and oxygen atoms in total. The third kappa shape index (κ3) is 2.64. The van der Waals surface area contributed by atoms with Crippen LogP contribution in [0.4, 0.5) is 11.4 Å². The van der Waals surface area contributed by atoms with Crippen LogP contribution in [0, 0.1) is 0 Å². The molecule has 0 bridgehead atoms. The van der Waals surface area contributed by atoms with Gasteiger partial charge in [-0.2, -0.15) is 0 Å². The summed E-state index contributed by atoms with van der Waals surface area (Å²) in [5.41, 5.74) is 14.8. The van der Waals surface area contributed by atoms with Gasteiger partial charge in [0.25, 0.3) is 0 Å². The number of hydrogen-bond acceptors (Lipinski definition) is 2. The van der Waals surface area contributed by atoms with Gasteiger partial charge in [-0.1, -0.05) is 61.7 Å². The Balaban J connectivity index is 3.17. The molecule has 1 aromatic rings. The van der Waals surface area contributed by atoms with E-state index in [1.54, 1.807) is 12.2 Å². The van der Waals surface area contributed by atoms with E-state index in [-0.39, 0.29) is 0 Å². The lowest BCUT2D eigenvalue weighted by Gasteiger charge is -2.07. The molecule has 0 amide bonds. The van der Waals surface area contributed by atoms with Gasteiger partial charge >= 0.3 is 0 Å². The van der Waals surface area contributed by atoms with Gasteiger partial charge in [0.15, 0.2) is 0 Å². The van der Waals surface area contributed by atoms with E-state index in [0.717, 1.165) is 11.1 Å². The molecule has 0 saturated carbocycles. The first-order valence-electron chi connectivity index (χ1n) is 4.97. The summed E-state index contributed by atoms with van der Waals surface area (Å²) in [5, 5.41) is 0. The highest BCUT2D eigenvalue weighted by Crippen LogP contribution is 2.26. The summed E-state index contributed by atoms with van der Waals surface area (Å²) < 4.78 is 0. The summed E-state index contributed by atoms with van der Waals surface area (Å²) in [6, 6.07) is 3.85. The zero-order chi connectivity index (χ0) is 12.0. The molecule has 0 aromatic heterocycles. The third-order valence-corrected chi connectivity index (χ3v) is 2.18. The van der Waals surface area contributed by atoms with Crippen molar-refractivity contribution in [1.82, 2.24) is 0 Å². The van der Waals surface area contributed by atoms with E-state index in [2.05, 4.69) is 13.2 Å². The predicted octanol–water partition coefficient (Wildman–Crippen LogP) is 3.25. The van der Waals surface area contributed by atoms with Crippen LogP contribution in [0.1, 0.15) is 11.1 Å². The van der Waals surface area contributed by atoms with Crippen LogP contribution in [0.2, 0.25) is 0 Å². The molecule has 1 aromatic carbocycles. The molecule has 2 heteroatoms. The quantitative estimate of drug-likeness (QED) is 0.594. The summed E-state index contributed by atoms with van der Waals surface area (Å²) in [7, 11) is 0. The molecular weight excluding hydrogens is 196 g/mol. The number of anilines is 2. The summed E-state index contributed by atoms with van der Waals surface area (Å²) in [5.74, 6) is 0. The fraction of sp³-hybridized carbons (Fsp3) is 0. The summed E-state index contributed by atoms with van der Waals surface area (Å²) in [6.07, 6.45) is 10.8. The van der Waals surface area contributed by atoms with Crippen LogP contribution in [0.15, 0.2) is 49.6 Å². The molecule has 0 radical (unpaired) electrons. The highest BCUT2D eigenvalue weighted by molar-refractivity contribution is 5.83. The molecular formula is C14H16N2. The van der Waals surface area contributed by atoms with Crippen LogP contribution in [-0.4, -0.2) is 0 Å². The number of benzene rings is 1. The van der Waals surface area contributed by atoms with Crippen molar-refractivity contribution in [2.75, 3.05) is 11.5 Å². The summed E-state index contributed by atoms with van der Waals surface area (Å²) in [4.78, 5) is 0. The van der Waals surface area contributed by atoms with E-state index in [0.29, 0.717) is 11.4 Å². The Morgan fingerprint density at radius 2 is 1.19 bits per heavy atom. The zero-order valence-corrected chi connectivity index (χ0v) is 9.19. The monoisotopic (exact) mass is 212 g/mol. The Bertz CT molecular complexity index is 411. The maximum absolute atomic E-state index is 5.93. The maximum Gasteiger partial charge on any atom is 0.0627 e. The molecule has 4 N–H and O–H groups in total. The molecule has 0 unspecified atom stereocenters. The first-order valence-corrected chi connectivity index (χ1v) is 4.97. The normalized spacial score (nSPS) is 11.0. The minimum absolute atomic E-state index is 0.587. The molecule has 82 valence electrons. The van der Waals surface area contributed by atoms with E-state index < -0.39 is 0 Å². The molecule has 0 atom stereocenters. The van der Waals surface area contributed by atoms with Crippen LogP contribution in [0.5, 0.6) is 0 Å². The van der Waals surface area contributed by atoms with Gasteiger partial charge < -0.3 is 11.5 Å². The maximum atomic E-state index is 5.93. The van der Waals surface area contributed by atoms with Crippen molar-refractivity contribution >= 4 is 23.5 Å². The predicted molar refractivity (Wildman–Crippen MR) is 73.7 cm³/mol. The lowest BCUT2D eigenvalue weighted by Crippen LogP contribution is -1.99. The second kappa shape index (κ2) is 5.61. The van der Waals surface area contributed by atoms with Crippen LogP contribution >= 0.6 is 0 Å². The van der Waals surface area contributed by atoms with Gasteiger partial charge in [-0.15, -0.1) is 0 Å². The number of nitrogens with two attached hydrogens (primary N) is 2. The van der Waals surface area contributed by atoms with Gasteiger partial charge in [0.1, 0.15) is 0 Å². The van der Waals surface area contributed by atoms with Crippen molar-refractivity contribution in [1.29, 1.82) is 0 Å². The summed E-state index contributed by atoms with van der Waals surface area (Å²) >= 11 is 0. The Hall–Kier alpha value is -2.22. The fourth-order valence-corrected chi connectivity index (χ4v) is 1.30. The minimum Gasteiger partial charge on any atom is -0.397 e. The largest absolute Gasteiger partial charge is 0.397 e. The lowest BCUT2D eigenvalue weighted by atomic mass is 10.1. The number of nitrogen functional groups attached to an aromatic ring is 2. The van der Waals surface area contributed by atoms with E-state index >= 15 is 0 Å². The van der Waals surface area contributed by atoms with Crippen molar-refractivity contribution in [3.63, 3.8) is 0 Å². The van der Waals surface area contributed by atoms with Crippen molar-refractivity contribution < 1.29 is 0 Å². The van der Waals surface area contributed by atoms with Crippen molar-refractivity contribution in [3.05, 3.63) is 60.7 Å². The van der Waals surface area contributed by atoms with Crippen LogP contribution in [-0.2, 0) is 0 Å². The minimum atomic E-state index is 0.587. The lowest BCUT2D eigenvalue weighted by molar-refractivity contribution is 1.59. The van der Waals surface area contributed by atoms with E-state index in [1.807, 2.05) is 36.4 Å². The van der Waals surface area contributed by atoms with Crippen molar-refractivity contribution in [2.24, 2.45) is 0 Å². The van der Waals surface area contributed by atoms with Crippen molar-refractivity contribution in [2.45, 2.75) is 0 Å². The number of allylic oxidation sites excluding steroid dienone is 4. The SMILES string of the molecule is C=C/C=C\c1ccc(/C=C\C=C)c(N)c1N. The Morgan fingerprint density at radius 1 is 0.812 bits per heavy atom. The third-order valence-electron chi connectivity index (χ3n) is 2.18. The Labute approximate surface area is 96.3 Å². The molecule has 0 fully saturated rings. The van der Waals surface area contributed by atoms with Crippen molar-refractivity contribution in [3.8, 4) is 0 Å². The average molecular weight is 212 g/mol. The zero-order valence-electron chi connectivity index (χ0n) is 9.19. The standard InChI is InChI=1S/C14H16N2/c1-3-5-7-11-9-10-12(8-6-4-2)14(16)13(11)15/h3-10H,1-2,15-16H2/b7-5-,8-6-. The second-order valence-electron chi connectivity index (χ2n) is 3.26. The first kappa shape index (κ1) is 11.9. The van der Waals surface area contributed by atoms with Crippen LogP contribution in [0.25, 0.3) is 12.2 Å². The first-order chi connectivity index (χ1) is 7.70. The van der Waals surface area contributed by atoms with Gasteiger partial charge in [-0.25, -0.2) is 0 Å². The van der Waals surface area contributed by atoms with Crippen LogP contribution < -0.4 is 11.5 Å². The van der Waals surface area contributed by atoms with Gasteiger partial charge in [-0.3, -0.25) is 0 Å². The van der Waals surface area contributed by atoms with Gasteiger partial charge in [0.05, 0.1) is 11.4 Å². The molecule has 0 saturated heterocycles. The highest BCUT2D eigenvalue weighted by Gasteiger charge is 2.03. The highest BCUT2D eigenvalue weighted by atomic mass is 14.7. The topological polar surface area (TPSA) is 52.0 Å². The molecule has 0 aliphatic rings. The number of rotatable bonds is 4. The molecule has 0 aliphatic heterocycles. The molecule has 0 heterocycles. The second-order valence-corrected chi connectivity index (χ2v) is 3.26. The molecule has 0 spiro atoms. The summed E-state index contributed by atoms with van der Waals surface area (Å²) in [6.45, 7) is 7.21. The van der Waals surface area contributed by atoms with E-state index in [1.165, 1.54) is 0 Å². The average Bonchev–Trinajstić information content (AvgIpc) is 2.30. The Kier molecular flexibility index (Phi) is 4.16. The van der Waals surface area contributed by atoms with E-state index in [9.17, 15) is 0 Å². The van der Waals surface area contributed by atoms with E-state index in [4.69, 9.17) is 11.5 Å². The van der Waals surface area contributed by atoms with Gasteiger partial charge in [-0.05, 0) is 11.1 Å².